The fourth-order valence-corrected chi connectivity index (χ4v) is 4.15. The third-order valence-corrected chi connectivity index (χ3v) is 5.93. The van der Waals surface area contributed by atoms with Crippen molar-refractivity contribution >= 4 is 44.9 Å². The van der Waals surface area contributed by atoms with Gasteiger partial charge in [-0.05, 0) is 47.1 Å². The van der Waals surface area contributed by atoms with Crippen LogP contribution in [0.2, 0.25) is 0 Å². The van der Waals surface area contributed by atoms with Gasteiger partial charge in [0, 0.05) is 32.4 Å². The van der Waals surface area contributed by atoms with E-state index in [-0.39, 0.29) is 11.8 Å². The number of thiophene rings is 1. The standard InChI is InChI=1S/C18H18BrN5O2S/c1-12(22-17(25)14-2-3-15(19)27-14)18(26)24-8-6-23(7-9-24)16-10-13(11-20)4-5-21-16/h2-5,10,12H,6-9H2,1H3,(H,22,25). The molecule has 1 saturated heterocycles. The van der Waals surface area contributed by atoms with E-state index in [4.69, 9.17) is 5.26 Å². The van der Waals surface area contributed by atoms with Crippen LogP contribution in [0.15, 0.2) is 34.2 Å². The van der Waals surface area contributed by atoms with Crippen LogP contribution in [0, 0.1) is 11.3 Å². The molecule has 1 N–H and O–H groups in total. The molecule has 0 aromatic carbocycles. The van der Waals surface area contributed by atoms with Crippen LogP contribution in [0.1, 0.15) is 22.2 Å². The SMILES string of the molecule is CC(NC(=O)c1ccc(Br)s1)C(=O)N1CCN(c2cc(C#N)ccn2)CC1. The molecule has 1 atom stereocenters. The average Bonchev–Trinajstić information content (AvgIpc) is 3.14. The van der Waals surface area contributed by atoms with Crippen molar-refractivity contribution in [3.8, 4) is 6.07 Å². The summed E-state index contributed by atoms with van der Waals surface area (Å²) in [6, 6.07) is 8.46. The average molecular weight is 448 g/mol. The molecule has 1 aliphatic heterocycles. The van der Waals surface area contributed by atoms with Crippen LogP contribution in [0.4, 0.5) is 5.82 Å². The highest BCUT2D eigenvalue weighted by Gasteiger charge is 2.26. The van der Waals surface area contributed by atoms with Crippen molar-refractivity contribution < 1.29 is 9.59 Å². The summed E-state index contributed by atoms with van der Waals surface area (Å²) in [4.78, 5) is 33.5. The third-order valence-electron chi connectivity index (χ3n) is 4.30. The van der Waals surface area contributed by atoms with Crippen LogP contribution in [0.3, 0.4) is 0 Å². The molecule has 9 heteroatoms. The molecule has 7 nitrogen and oxygen atoms in total. The van der Waals surface area contributed by atoms with Crippen LogP contribution in [0.5, 0.6) is 0 Å². The number of anilines is 1. The van der Waals surface area contributed by atoms with Crippen LogP contribution in [-0.4, -0.2) is 53.9 Å². The first-order valence-electron chi connectivity index (χ1n) is 8.44. The molecule has 0 spiro atoms. The Morgan fingerprint density at radius 1 is 1.30 bits per heavy atom. The molecule has 1 aliphatic rings. The van der Waals surface area contributed by atoms with Gasteiger partial charge in [0.15, 0.2) is 0 Å². The van der Waals surface area contributed by atoms with Gasteiger partial charge in [-0.2, -0.15) is 5.26 Å². The molecular formula is C18H18BrN5O2S. The van der Waals surface area contributed by atoms with E-state index in [0.29, 0.717) is 36.6 Å². The second-order valence-corrected chi connectivity index (χ2v) is 8.59. The predicted octanol–water partition coefficient (Wildman–Crippen LogP) is 2.24. The molecule has 0 saturated carbocycles. The maximum Gasteiger partial charge on any atom is 0.262 e. The second kappa shape index (κ2) is 8.50. The topological polar surface area (TPSA) is 89.3 Å². The first kappa shape index (κ1) is 19.3. The minimum atomic E-state index is -0.593. The Balaban J connectivity index is 1.54. The van der Waals surface area contributed by atoms with Crippen LogP contribution in [-0.2, 0) is 4.79 Å². The highest BCUT2D eigenvalue weighted by Crippen LogP contribution is 2.22. The Morgan fingerprint density at radius 2 is 2.04 bits per heavy atom. The first-order valence-corrected chi connectivity index (χ1v) is 10.0. The van der Waals surface area contributed by atoms with Crippen molar-refractivity contribution in [2.45, 2.75) is 13.0 Å². The van der Waals surface area contributed by atoms with Gasteiger partial charge in [-0.25, -0.2) is 4.98 Å². The normalized spacial score (nSPS) is 15.1. The number of nitrogens with one attached hydrogen (secondary N) is 1. The smallest absolute Gasteiger partial charge is 0.262 e. The molecule has 27 heavy (non-hydrogen) atoms. The van der Waals surface area contributed by atoms with E-state index < -0.39 is 6.04 Å². The Labute approximate surface area is 169 Å². The quantitative estimate of drug-likeness (QED) is 0.775. The van der Waals surface area contributed by atoms with Crippen LogP contribution >= 0.6 is 27.3 Å². The lowest BCUT2D eigenvalue weighted by molar-refractivity contribution is -0.133. The van der Waals surface area contributed by atoms with Crippen molar-refractivity contribution in [3.63, 3.8) is 0 Å². The number of aromatic nitrogens is 1. The molecule has 0 radical (unpaired) electrons. The Kier molecular flexibility index (Phi) is 6.08. The van der Waals surface area contributed by atoms with Crippen molar-refractivity contribution in [2.75, 3.05) is 31.1 Å². The van der Waals surface area contributed by atoms with Gasteiger partial charge >= 0.3 is 0 Å². The molecule has 0 bridgehead atoms. The number of rotatable bonds is 4. The number of hydrogen-bond acceptors (Lipinski definition) is 6. The van der Waals surface area contributed by atoms with Gasteiger partial charge in [-0.1, -0.05) is 0 Å². The Hall–Kier alpha value is -2.44. The van der Waals surface area contributed by atoms with Crippen molar-refractivity contribution in [3.05, 3.63) is 44.7 Å². The lowest BCUT2D eigenvalue weighted by Gasteiger charge is -2.36. The monoisotopic (exact) mass is 447 g/mol. The van der Waals surface area contributed by atoms with Gasteiger partial charge in [0.2, 0.25) is 5.91 Å². The number of hydrogen-bond donors (Lipinski definition) is 1. The minimum absolute atomic E-state index is 0.0997. The van der Waals surface area contributed by atoms with E-state index in [1.54, 1.807) is 42.3 Å². The zero-order valence-corrected chi connectivity index (χ0v) is 17.1. The number of nitriles is 1. The summed E-state index contributed by atoms with van der Waals surface area (Å²) in [6.07, 6.45) is 1.62. The number of piperazine rings is 1. The summed E-state index contributed by atoms with van der Waals surface area (Å²) in [7, 11) is 0. The number of amides is 2. The molecule has 0 aliphatic carbocycles. The largest absolute Gasteiger partial charge is 0.353 e. The summed E-state index contributed by atoms with van der Waals surface area (Å²) in [5, 5.41) is 11.8. The van der Waals surface area contributed by atoms with E-state index in [0.717, 1.165) is 9.60 Å². The lowest BCUT2D eigenvalue weighted by atomic mass is 10.2. The molecule has 2 aromatic rings. The van der Waals surface area contributed by atoms with Gasteiger partial charge in [0.25, 0.3) is 5.91 Å². The zero-order chi connectivity index (χ0) is 19.4. The summed E-state index contributed by atoms with van der Waals surface area (Å²) in [5.74, 6) is 0.394. The van der Waals surface area contributed by atoms with E-state index in [1.165, 1.54) is 11.3 Å². The summed E-state index contributed by atoms with van der Waals surface area (Å²) in [5.41, 5.74) is 0.565. The number of carbonyl (C=O) groups excluding carboxylic acids is 2. The summed E-state index contributed by atoms with van der Waals surface area (Å²) in [6.45, 7) is 4.05. The molecule has 2 aromatic heterocycles. The van der Waals surface area contributed by atoms with Gasteiger partial charge in [0.1, 0.15) is 11.9 Å². The van der Waals surface area contributed by atoms with E-state index in [9.17, 15) is 9.59 Å². The van der Waals surface area contributed by atoms with Crippen molar-refractivity contribution in [2.24, 2.45) is 0 Å². The number of halogens is 1. The Bertz CT molecular complexity index is 886. The van der Waals surface area contributed by atoms with Crippen LogP contribution in [0.25, 0.3) is 0 Å². The summed E-state index contributed by atoms with van der Waals surface area (Å²) < 4.78 is 0.872. The minimum Gasteiger partial charge on any atom is -0.353 e. The maximum absolute atomic E-state index is 12.6. The zero-order valence-electron chi connectivity index (χ0n) is 14.7. The van der Waals surface area contributed by atoms with Gasteiger partial charge in [-0.15, -0.1) is 11.3 Å². The lowest BCUT2D eigenvalue weighted by Crippen LogP contribution is -2.54. The molecule has 3 heterocycles. The van der Waals surface area contributed by atoms with E-state index >= 15 is 0 Å². The number of nitrogens with zero attached hydrogens (tertiary/aromatic N) is 4. The van der Waals surface area contributed by atoms with Gasteiger partial charge in [-0.3, -0.25) is 9.59 Å². The highest BCUT2D eigenvalue weighted by atomic mass is 79.9. The first-order chi connectivity index (χ1) is 13.0. The highest BCUT2D eigenvalue weighted by molar-refractivity contribution is 9.11. The molecule has 1 fully saturated rings. The van der Waals surface area contributed by atoms with E-state index in [1.807, 2.05) is 0 Å². The van der Waals surface area contributed by atoms with Crippen molar-refractivity contribution in [1.29, 1.82) is 5.26 Å². The van der Waals surface area contributed by atoms with E-state index in [2.05, 4.69) is 37.2 Å². The fraction of sp³-hybridized carbons (Fsp3) is 0.333. The molecule has 2 amide bonds. The van der Waals surface area contributed by atoms with Crippen LogP contribution < -0.4 is 10.2 Å². The third kappa shape index (κ3) is 4.64. The van der Waals surface area contributed by atoms with Crippen molar-refractivity contribution in [1.82, 2.24) is 15.2 Å². The van der Waals surface area contributed by atoms with Gasteiger partial charge < -0.3 is 15.1 Å². The predicted molar refractivity (Wildman–Crippen MR) is 107 cm³/mol. The fourth-order valence-electron chi connectivity index (χ4n) is 2.86. The second-order valence-electron chi connectivity index (χ2n) is 6.13. The summed E-state index contributed by atoms with van der Waals surface area (Å²) >= 11 is 4.66. The van der Waals surface area contributed by atoms with Gasteiger partial charge in [0.05, 0.1) is 20.3 Å². The molecular weight excluding hydrogens is 430 g/mol. The molecule has 1 unspecified atom stereocenters. The molecule has 3 rings (SSSR count). The number of carbonyl (C=O) groups is 2. The molecule has 140 valence electrons. The number of pyridine rings is 1. The maximum atomic E-state index is 12.6. The Morgan fingerprint density at radius 3 is 2.67 bits per heavy atom.